The van der Waals surface area contributed by atoms with Crippen LogP contribution in [-0.4, -0.2) is 39.6 Å². The molecule has 1 unspecified atom stereocenters. The SMILES string of the molecule is Cc1cccc(CNCC(c2ccc(N(C)C)cc2)N(C)C)c1. The van der Waals surface area contributed by atoms with Crippen molar-refractivity contribution in [3.05, 3.63) is 65.2 Å². The minimum atomic E-state index is 0.371. The fourth-order valence-corrected chi connectivity index (χ4v) is 2.77. The molecule has 1 N–H and O–H groups in total. The maximum absolute atomic E-state index is 3.59. The molecule has 0 aliphatic carbocycles. The number of hydrogen-bond donors (Lipinski definition) is 1. The van der Waals surface area contributed by atoms with Gasteiger partial charge < -0.3 is 15.1 Å². The van der Waals surface area contributed by atoms with E-state index in [0.717, 1.165) is 13.1 Å². The topological polar surface area (TPSA) is 18.5 Å². The number of benzene rings is 2. The van der Waals surface area contributed by atoms with Gasteiger partial charge in [-0.3, -0.25) is 0 Å². The Balaban J connectivity index is 1.98. The van der Waals surface area contributed by atoms with Crippen LogP contribution >= 0.6 is 0 Å². The first kappa shape index (κ1) is 17.5. The van der Waals surface area contributed by atoms with Gasteiger partial charge in [-0.25, -0.2) is 0 Å². The molecule has 2 rings (SSSR count). The molecule has 2 aromatic carbocycles. The van der Waals surface area contributed by atoms with E-state index in [1.165, 1.54) is 22.4 Å². The number of nitrogens with one attached hydrogen (secondary N) is 1. The molecule has 0 spiro atoms. The molecule has 0 aliphatic rings. The van der Waals surface area contributed by atoms with Gasteiger partial charge in [-0.05, 0) is 44.3 Å². The minimum Gasteiger partial charge on any atom is -0.378 e. The molecule has 124 valence electrons. The third-order valence-corrected chi connectivity index (χ3v) is 4.17. The van der Waals surface area contributed by atoms with Gasteiger partial charge in [0.1, 0.15) is 0 Å². The average Bonchev–Trinajstić information content (AvgIpc) is 2.51. The largest absolute Gasteiger partial charge is 0.378 e. The molecule has 3 nitrogen and oxygen atoms in total. The van der Waals surface area contributed by atoms with Gasteiger partial charge in [-0.2, -0.15) is 0 Å². The summed E-state index contributed by atoms with van der Waals surface area (Å²) in [7, 11) is 8.42. The Labute approximate surface area is 140 Å². The lowest BCUT2D eigenvalue weighted by molar-refractivity contribution is 0.288. The van der Waals surface area contributed by atoms with Crippen LogP contribution in [0.5, 0.6) is 0 Å². The summed E-state index contributed by atoms with van der Waals surface area (Å²) >= 11 is 0. The molecule has 0 saturated carbocycles. The highest BCUT2D eigenvalue weighted by Crippen LogP contribution is 2.21. The van der Waals surface area contributed by atoms with Crippen molar-refractivity contribution >= 4 is 5.69 Å². The van der Waals surface area contributed by atoms with Crippen LogP contribution in [0.15, 0.2) is 48.5 Å². The predicted molar refractivity (Wildman–Crippen MR) is 100 cm³/mol. The van der Waals surface area contributed by atoms with Crippen LogP contribution in [0.25, 0.3) is 0 Å². The van der Waals surface area contributed by atoms with Gasteiger partial charge in [0.05, 0.1) is 0 Å². The fraction of sp³-hybridized carbons (Fsp3) is 0.400. The van der Waals surface area contributed by atoms with Crippen LogP contribution in [0, 0.1) is 6.92 Å². The van der Waals surface area contributed by atoms with Crippen LogP contribution in [0.4, 0.5) is 5.69 Å². The molecule has 2 aromatic rings. The second-order valence-corrected chi connectivity index (χ2v) is 6.59. The van der Waals surface area contributed by atoms with Crippen molar-refractivity contribution in [3.8, 4) is 0 Å². The molecule has 0 bridgehead atoms. The minimum absolute atomic E-state index is 0.371. The predicted octanol–water partition coefficient (Wildman–Crippen LogP) is 3.45. The lowest BCUT2D eigenvalue weighted by Gasteiger charge is -2.26. The van der Waals surface area contributed by atoms with Crippen molar-refractivity contribution in [1.82, 2.24) is 10.2 Å². The van der Waals surface area contributed by atoms with E-state index in [2.05, 4.69) is 98.8 Å². The van der Waals surface area contributed by atoms with Crippen molar-refractivity contribution in [2.75, 3.05) is 39.6 Å². The van der Waals surface area contributed by atoms with Crippen molar-refractivity contribution in [3.63, 3.8) is 0 Å². The van der Waals surface area contributed by atoms with Crippen molar-refractivity contribution in [2.24, 2.45) is 0 Å². The fourth-order valence-electron chi connectivity index (χ4n) is 2.77. The number of likely N-dealkylation sites (N-methyl/N-ethyl adjacent to an activating group) is 1. The van der Waals surface area contributed by atoms with E-state index in [4.69, 9.17) is 0 Å². The number of aryl methyl sites for hydroxylation is 1. The highest BCUT2D eigenvalue weighted by Gasteiger charge is 2.13. The first-order valence-electron chi connectivity index (χ1n) is 8.17. The number of nitrogens with zero attached hydrogens (tertiary/aromatic N) is 2. The molecule has 0 radical (unpaired) electrons. The molecule has 0 fully saturated rings. The Morgan fingerprint density at radius 1 is 0.957 bits per heavy atom. The Morgan fingerprint density at radius 3 is 2.22 bits per heavy atom. The van der Waals surface area contributed by atoms with Gasteiger partial charge in [0.25, 0.3) is 0 Å². The van der Waals surface area contributed by atoms with Gasteiger partial charge in [-0.1, -0.05) is 42.0 Å². The summed E-state index contributed by atoms with van der Waals surface area (Å²) in [5, 5.41) is 3.59. The molecular formula is C20H29N3. The second kappa shape index (κ2) is 8.14. The lowest BCUT2D eigenvalue weighted by atomic mass is 10.0. The van der Waals surface area contributed by atoms with E-state index in [9.17, 15) is 0 Å². The van der Waals surface area contributed by atoms with Crippen molar-refractivity contribution in [1.29, 1.82) is 0 Å². The highest BCUT2D eigenvalue weighted by molar-refractivity contribution is 5.46. The van der Waals surface area contributed by atoms with Gasteiger partial charge in [0.2, 0.25) is 0 Å². The molecule has 0 saturated heterocycles. The maximum Gasteiger partial charge on any atom is 0.0466 e. The zero-order valence-corrected chi connectivity index (χ0v) is 15.0. The van der Waals surface area contributed by atoms with Gasteiger partial charge in [-0.15, -0.1) is 0 Å². The molecule has 0 aromatic heterocycles. The Kier molecular flexibility index (Phi) is 6.20. The maximum atomic E-state index is 3.59. The summed E-state index contributed by atoms with van der Waals surface area (Å²) in [6.45, 7) is 3.97. The number of anilines is 1. The first-order chi connectivity index (χ1) is 11.0. The molecule has 23 heavy (non-hydrogen) atoms. The second-order valence-electron chi connectivity index (χ2n) is 6.59. The first-order valence-corrected chi connectivity index (χ1v) is 8.17. The molecule has 0 heterocycles. The Morgan fingerprint density at radius 2 is 1.65 bits per heavy atom. The summed E-state index contributed by atoms with van der Waals surface area (Å²) in [5.74, 6) is 0. The summed E-state index contributed by atoms with van der Waals surface area (Å²) in [6, 6.07) is 17.9. The monoisotopic (exact) mass is 311 g/mol. The van der Waals surface area contributed by atoms with Crippen LogP contribution in [0.1, 0.15) is 22.7 Å². The molecule has 3 heteroatoms. The average molecular weight is 311 g/mol. The summed E-state index contributed by atoms with van der Waals surface area (Å²) < 4.78 is 0. The third kappa shape index (κ3) is 5.08. The van der Waals surface area contributed by atoms with Crippen LogP contribution in [0.2, 0.25) is 0 Å². The van der Waals surface area contributed by atoms with E-state index in [1.54, 1.807) is 0 Å². The zero-order valence-electron chi connectivity index (χ0n) is 15.0. The highest BCUT2D eigenvalue weighted by atomic mass is 15.1. The Bertz CT molecular complexity index is 603. The van der Waals surface area contributed by atoms with Gasteiger partial charge >= 0.3 is 0 Å². The smallest absolute Gasteiger partial charge is 0.0466 e. The third-order valence-electron chi connectivity index (χ3n) is 4.17. The summed E-state index contributed by atoms with van der Waals surface area (Å²) in [5.41, 5.74) is 5.23. The molecule has 0 amide bonds. The molecular weight excluding hydrogens is 282 g/mol. The van der Waals surface area contributed by atoms with Crippen molar-refractivity contribution in [2.45, 2.75) is 19.5 Å². The van der Waals surface area contributed by atoms with Crippen LogP contribution in [0.3, 0.4) is 0 Å². The van der Waals surface area contributed by atoms with Gasteiger partial charge in [0.15, 0.2) is 0 Å². The molecule has 1 atom stereocenters. The molecule has 0 aliphatic heterocycles. The number of rotatable bonds is 7. The Hall–Kier alpha value is -1.84. The van der Waals surface area contributed by atoms with Crippen LogP contribution in [-0.2, 0) is 6.54 Å². The van der Waals surface area contributed by atoms with E-state index in [-0.39, 0.29) is 0 Å². The lowest BCUT2D eigenvalue weighted by Crippen LogP contribution is -2.30. The van der Waals surface area contributed by atoms with E-state index >= 15 is 0 Å². The van der Waals surface area contributed by atoms with E-state index in [1.807, 2.05) is 0 Å². The van der Waals surface area contributed by atoms with E-state index in [0.29, 0.717) is 6.04 Å². The standard InChI is InChI=1S/C20H29N3/c1-16-7-6-8-17(13-16)14-21-15-20(23(4)5)18-9-11-19(12-10-18)22(2)3/h6-13,20-21H,14-15H2,1-5H3. The van der Waals surface area contributed by atoms with Gasteiger partial charge in [0, 0.05) is 38.9 Å². The summed E-state index contributed by atoms with van der Waals surface area (Å²) in [6.07, 6.45) is 0. The van der Waals surface area contributed by atoms with Crippen molar-refractivity contribution < 1.29 is 0 Å². The van der Waals surface area contributed by atoms with E-state index < -0.39 is 0 Å². The zero-order chi connectivity index (χ0) is 16.8. The normalized spacial score (nSPS) is 12.4. The summed E-state index contributed by atoms with van der Waals surface area (Å²) in [4.78, 5) is 4.40. The number of hydrogen-bond acceptors (Lipinski definition) is 3. The van der Waals surface area contributed by atoms with Crippen LogP contribution < -0.4 is 10.2 Å². The quantitative estimate of drug-likeness (QED) is 0.845.